The molecule has 3 atom stereocenters. The van der Waals surface area contributed by atoms with E-state index >= 15 is 0 Å². The monoisotopic (exact) mass is 324 g/mol. The number of anilines is 1. The summed E-state index contributed by atoms with van der Waals surface area (Å²) in [6.45, 7) is 0. The summed E-state index contributed by atoms with van der Waals surface area (Å²) in [5.74, 6) is 1.79. The van der Waals surface area contributed by atoms with E-state index in [0.29, 0.717) is 6.04 Å². The average Bonchev–Trinajstić information content (AvgIpc) is 2.90. The lowest BCUT2D eigenvalue weighted by molar-refractivity contribution is 0.392. The first-order valence-electron chi connectivity index (χ1n) is 6.54. The van der Waals surface area contributed by atoms with E-state index in [0.717, 1.165) is 27.1 Å². The van der Waals surface area contributed by atoms with Gasteiger partial charge in [0.2, 0.25) is 0 Å². The summed E-state index contributed by atoms with van der Waals surface area (Å²) >= 11 is 8.86. The highest BCUT2D eigenvalue weighted by Crippen LogP contribution is 2.44. The number of thiocarbonyl (C=S) groups is 1. The number of hydrogen-bond donors (Lipinski definition) is 2. The molecule has 18 heavy (non-hydrogen) atoms. The topological polar surface area (TPSA) is 24.1 Å². The first kappa shape index (κ1) is 12.4. The fraction of sp³-hybridized carbons (Fsp3) is 0.500. The van der Waals surface area contributed by atoms with E-state index in [1.165, 1.54) is 25.7 Å². The molecule has 0 saturated heterocycles. The van der Waals surface area contributed by atoms with Crippen molar-refractivity contribution in [3.05, 3.63) is 28.7 Å². The van der Waals surface area contributed by atoms with Crippen LogP contribution in [0.25, 0.3) is 0 Å². The molecular formula is C14H17BrN2S. The summed E-state index contributed by atoms with van der Waals surface area (Å²) in [6, 6.07) is 8.68. The lowest BCUT2D eigenvalue weighted by atomic mass is 9.96. The smallest absolute Gasteiger partial charge is 0.171 e. The minimum atomic E-state index is 0.593. The van der Waals surface area contributed by atoms with Gasteiger partial charge in [-0.25, -0.2) is 0 Å². The van der Waals surface area contributed by atoms with Gasteiger partial charge in [0.25, 0.3) is 0 Å². The Morgan fingerprint density at radius 1 is 1.28 bits per heavy atom. The Morgan fingerprint density at radius 3 is 2.83 bits per heavy atom. The zero-order valence-corrected chi connectivity index (χ0v) is 12.6. The van der Waals surface area contributed by atoms with Gasteiger partial charge in [-0.1, -0.05) is 28.4 Å². The number of hydrogen-bond acceptors (Lipinski definition) is 1. The number of benzene rings is 1. The number of nitrogens with one attached hydrogen (secondary N) is 2. The number of fused-ring (bicyclic) bond motifs is 2. The van der Waals surface area contributed by atoms with Gasteiger partial charge in [-0.3, -0.25) is 0 Å². The molecule has 0 radical (unpaired) electrons. The fourth-order valence-electron chi connectivity index (χ4n) is 3.32. The third kappa shape index (κ3) is 2.69. The molecule has 2 nitrogen and oxygen atoms in total. The highest BCUT2D eigenvalue weighted by Gasteiger charge is 2.39. The predicted molar refractivity (Wildman–Crippen MR) is 82.7 cm³/mol. The summed E-state index contributed by atoms with van der Waals surface area (Å²) in [5, 5.41) is 7.50. The second kappa shape index (κ2) is 5.17. The number of halogens is 1. The first-order valence-corrected chi connectivity index (χ1v) is 7.74. The summed E-state index contributed by atoms with van der Waals surface area (Å²) in [5.41, 5.74) is 1.03. The van der Waals surface area contributed by atoms with Gasteiger partial charge in [-0.2, -0.15) is 0 Å². The second-order valence-corrected chi connectivity index (χ2v) is 6.71. The van der Waals surface area contributed by atoms with E-state index in [2.05, 4.69) is 26.6 Å². The van der Waals surface area contributed by atoms with E-state index < -0.39 is 0 Å². The maximum Gasteiger partial charge on any atom is 0.171 e. The van der Waals surface area contributed by atoms with E-state index in [9.17, 15) is 0 Å². The molecule has 3 unspecified atom stereocenters. The number of rotatable bonds is 2. The third-order valence-corrected chi connectivity index (χ3v) is 4.85. The van der Waals surface area contributed by atoms with Crippen LogP contribution >= 0.6 is 28.1 Å². The molecule has 96 valence electrons. The SMILES string of the molecule is S=C(Nc1cccc(Br)c1)NC1CC2CCC1C2. The third-order valence-electron chi connectivity index (χ3n) is 4.14. The van der Waals surface area contributed by atoms with Gasteiger partial charge in [0.15, 0.2) is 5.11 Å². The summed E-state index contributed by atoms with van der Waals surface area (Å²) in [4.78, 5) is 0. The Bertz CT molecular complexity index is 463. The summed E-state index contributed by atoms with van der Waals surface area (Å²) < 4.78 is 1.07. The van der Waals surface area contributed by atoms with Gasteiger partial charge < -0.3 is 10.6 Å². The maximum absolute atomic E-state index is 5.39. The molecule has 4 heteroatoms. The van der Waals surface area contributed by atoms with E-state index in [1.54, 1.807) is 0 Å². The molecule has 0 heterocycles. The van der Waals surface area contributed by atoms with Crippen molar-refractivity contribution in [3.8, 4) is 0 Å². The highest BCUT2D eigenvalue weighted by molar-refractivity contribution is 9.10. The van der Waals surface area contributed by atoms with Gasteiger partial charge in [0, 0.05) is 16.2 Å². The van der Waals surface area contributed by atoms with Crippen molar-refractivity contribution in [2.24, 2.45) is 11.8 Å². The van der Waals surface area contributed by atoms with E-state index in [1.807, 2.05) is 24.3 Å². The molecule has 1 aromatic carbocycles. The second-order valence-electron chi connectivity index (χ2n) is 5.39. The van der Waals surface area contributed by atoms with E-state index in [-0.39, 0.29) is 0 Å². The highest BCUT2D eigenvalue weighted by atomic mass is 79.9. The fourth-order valence-corrected chi connectivity index (χ4v) is 3.99. The molecule has 2 bridgehead atoms. The van der Waals surface area contributed by atoms with Crippen LogP contribution in [0.5, 0.6) is 0 Å². The average molecular weight is 325 g/mol. The lowest BCUT2D eigenvalue weighted by Crippen LogP contribution is -2.40. The van der Waals surface area contributed by atoms with Crippen LogP contribution in [-0.2, 0) is 0 Å². The first-order chi connectivity index (χ1) is 8.70. The molecule has 0 amide bonds. The van der Waals surface area contributed by atoms with Crippen LogP contribution in [0.15, 0.2) is 28.7 Å². The van der Waals surface area contributed by atoms with Gasteiger partial charge in [0.1, 0.15) is 0 Å². The largest absolute Gasteiger partial charge is 0.359 e. The van der Waals surface area contributed by atoms with Crippen molar-refractivity contribution in [2.75, 3.05) is 5.32 Å². The molecule has 1 aromatic rings. The Hall–Kier alpha value is -0.610. The van der Waals surface area contributed by atoms with Crippen molar-refractivity contribution in [3.63, 3.8) is 0 Å². The van der Waals surface area contributed by atoms with Crippen LogP contribution < -0.4 is 10.6 Å². The summed E-state index contributed by atoms with van der Waals surface area (Å²) in [7, 11) is 0. The maximum atomic E-state index is 5.39. The quantitative estimate of drug-likeness (QED) is 0.806. The Labute approximate surface area is 122 Å². The minimum absolute atomic E-state index is 0.593. The van der Waals surface area contributed by atoms with Crippen molar-refractivity contribution in [1.82, 2.24) is 5.32 Å². The standard InChI is InChI=1S/C14H17BrN2S/c15-11-2-1-3-12(8-11)16-14(18)17-13-7-9-4-5-10(13)6-9/h1-3,8-10,13H,4-7H2,(H2,16,17,18). The molecule has 2 N–H and O–H groups in total. The van der Waals surface area contributed by atoms with Crippen LogP contribution in [0.4, 0.5) is 5.69 Å². The van der Waals surface area contributed by atoms with Crippen molar-refractivity contribution in [1.29, 1.82) is 0 Å². The molecule has 0 aromatic heterocycles. The molecule has 2 fully saturated rings. The van der Waals surface area contributed by atoms with Crippen LogP contribution in [0, 0.1) is 11.8 Å². The van der Waals surface area contributed by atoms with Gasteiger partial charge >= 0.3 is 0 Å². The van der Waals surface area contributed by atoms with Crippen LogP contribution in [-0.4, -0.2) is 11.2 Å². The predicted octanol–water partition coefficient (Wildman–Crippen LogP) is 3.92. The molecule has 2 aliphatic carbocycles. The van der Waals surface area contributed by atoms with Crippen molar-refractivity contribution < 1.29 is 0 Å². The van der Waals surface area contributed by atoms with Gasteiger partial charge in [-0.15, -0.1) is 0 Å². The Morgan fingerprint density at radius 2 is 2.17 bits per heavy atom. The van der Waals surface area contributed by atoms with Gasteiger partial charge in [0.05, 0.1) is 0 Å². The van der Waals surface area contributed by atoms with E-state index in [4.69, 9.17) is 12.2 Å². The Kier molecular flexibility index (Phi) is 3.57. The molecule has 0 aliphatic heterocycles. The lowest BCUT2D eigenvalue weighted by Gasteiger charge is -2.24. The molecule has 0 spiro atoms. The van der Waals surface area contributed by atoms with Gasteiger partial charge in [-0.05, 0) is 61.5 Å². The van der Waals surface area contributed by atoms with Crippen LogP contribution in [0.2, 0.25) is 0 Å². The Balaban J connectivity index is 1.56. The molecular weight excluding hydrogens is 308 g/mol. The summed E-state index contributed by atoms with van der Waals surface area (Å²) in [6.07, 6.45) is 5.50. The normalized spacial score (nSPS) is 29.3. The molecule has 3 rings (SSSR count). The minimum Gasteiger partial charge on any atom is -0.359 e. The van der Waals surface area contributed by atoms with Crippen molar-refractivity contribution >= 4 is 38.9 Å². The van der Waals surface area contributed by atoms with Crippen LogP contribution in [0.3, 0.4) is 0 Å². The zero-order valence-electron chi connectivity index (χ0n) is 10.2. The van der Waals surface area contributed by atoms with Crippen LogP contribution in [0.1, 0.15) is 25.7 Å². The zero-order chi connectivity index (χ0) is 12.5. The molecule has 2 saturated carbocycles. The molecule has 2 aliphatic rings. The van der Waals surface area contributed by atoms with Crippen molar-refractivity contribution in [2.45, 2.75) is 31.7 Å².